The minimum atomic E-state index is 0.236. The minimum Gasteiger partial charge on any atom is -0.345 e. The van der Waals surface area contributed by atoms with Crippen molar-refractivity contribution in [1.82, 2.24) is 10.2 Å². The third-order valence-electron chi connectivity index (χ3n) is 4.03. The van der Waals surface area contributed by atoms with E-state index in [2.05, 4.69) is 5.32 Å². The summed E-state index contributed by atoms with van der Waals surface area (Å²) in [7, 11) is 1.98. The Balaban J connectivity index is 1.78. The standard InChI is InChI=1S/C13H24N2O/c1-15(10-11-5-2-3-6-11)13(16)12-7-4-8-14-9-12/h11-12,14H,2-10H2,1H3. The lowest BCUT2D eigenvalue weighted by atomic mass is 9.97. The number of carbonyl (C=O) groups is 1. The first kappa shape index (κ1) is 11.9. The number of amides is 1. The lowest BCUT2D eigenvalue weighted by Crippen LogP contribution is -2.42. The van der Waals surface area contributed by atoms with Gasteiger partial charge in [-0.1, -0.05) is 12.8 Å². The zero-order valence-corrected chi connectivity index (χ0v) is 10.4. The number of carbonyl (C=O) groups excluding carboxylic acids is 1. The Morgan fingerprint density at radius 3 is 2.62 bits per heavy atom. The maximum absolute atomic E-state index is 12.2. The molecule has 2 aliphatic rings. The van der Waals surface area contributed by atoms with E-state index in [0.29, 0.717) is 5.91 Å². The first-order valence-corrected chi connectivity index (χ1v) is 6.73. The van der Waals surface area contributed by atoms with Crippen LogP contribution in [-0.4, -0.2) is 37.5 Å². The second-order valence-electron chi connectivity index (χ2n) is 5.41. The predicted molar refractivity (Wildman–Crippen MR) is 65.2 cm³/mol. The van der Waals surface area contributed by atoms with Crippen molar-refractivity contribution in [3.05, 3.63) is 0 Å². The van der Waals surface area contributed by atoms with Crippen molar-refractivity contribution in [2.45, 2.75) is 38.5 Å². The number of nitrogens with zero attached hydrogens (tertiary/aromatic N) is 1. The van der Waals surface area contributed by atoms with E-state index in [4.69, 9.17) is 0 Å². The largest absolute Gasteiger partial charge is 0.345 e. The van der Waals surface area contributed by atoms with Gasteiger partial charge in [0.15, 0.2) is 0 Å². The van der Waals surface area contributed by atoms with Gasteiger partial charge in [0.05, 0.1) is 5.92 Å². The Morgan fingerprint density at radius 1 is 1.25 bits per heavy atom. The molecule has 1 atom stereocenters. The maximum Gasteiger partial charge on any atom is 0.226 e. The molecule has 0 aromatic heterocycles. The molecular weight excluding hydrogens is 200 g/mol. The molecule has 3 heteroatoms. The third kappa shape index (κ3) is 2.97. The summed E-state index contributed by atoms with van der Waals surface area (Å²) < 4.78 is 0. The summed E-state index contributed by atoms with van der Waals surface area (Å²) in [6.45, 7) is 2.94. The van der Waals surface area contributed by atoms with Crippen molar-refractivity contribution < 1.29 is 4.79 Å². The van der Waals surface area contributed by atoms with Crippen molar-refractivity contribution in [3.63, 3.8) is 0 Å². The Morgan fingerprint density at radius 2 is 2.00 bits per heavy atom. The highest BCUT2D eigenvalue weighted by Crippen LogP contribution is 2.25. The van der Waals surface area contributed by atoms with Gasteiger partial charge in [0.2, 0.25) is 5.91 Å². The molecule has 1 saturated heterocycles. The van der Waals surface area contributed by atoms with Crippen molar-refractivity contribution in [1.29, 1.82) is 0 Å². The summed E-state index contributed by atoms with van der Waals surface area (Å²) in [5, 5.41) is 3.32. The normalized spacial score (nSPS) is 26.9. The highest BCUT2D eigenvalue weighted by Gasteiger charge is 2.26. The molecule has 1 unspecified atom stereocenters. The molecule has 1 aliphatic carbocycles. The van der Waals surface area contributed by atoms with Gasteiger partial charge >= 0.3 is 0 Å². The average Bonchev–Trinajstić information content (AvgIpc) is 2.82. The fraction of sp³-hybridized carbons (Fsp3) is 0.923. The fourth-order valence-corrected chi connectivity index (χ4v) is 3.04. The van der Waals surface area contributed by atoms with Gasteiger partial charge in [0.25, 0.3) is 0 Å². The van der Waals surface area contributed by atoms with E-state index >= 15 is 0 Å². The molecule has 0 bridgehead atoms. The van der Waals surface area contributed by atoms with Gasteiger partial charge in [-0.15, -0.1) is 0 Å². The Hall–Kier alpha value is -0.570. The van der Waals surface area contributed by atoms with Crippen LogP contribution in [0.4, 0.5) is 0 Å². The van der Waals surface area contributed by atoms with Crippen LogP contribution in [0.2, 0.25) is 0 Å². The van der Waals surface area contributed by atoms with E-state index < -0.39 is 0 Å². The van der Waals surface area contributed by atoms with Crippen molar-refractivity contribution >= 4 is 5.91 Å². The van der Waals surface area contributed by atoms with E-state index in [1.807, 2.05) is 11.9 Å². The van der Waals surface area contributed by atoms with Crippen LogP contribution >= 0.6 is 0 Å². The lowest BCUT2D eigenvalue weighted by molar-refractivity contribution is -0.135. The Kier molecular flexibility index (Phi) is 4.22. The number of piperidine rings is 1. The number of nitrogens with one attached hydrogen (secondary N) is 1. The molecule has 2 fully saturated rings. The molecule has 0 aromatic carbocycles. The molecule has 2 rings (SSSR count). The molecule has 0 spiro atoms. The molecule has 1 aliphatic heterocycles. The van der Waals surface area contributed by atoms with E-state index in [-0.39, 0.29) is 5.92 Å². The molecule has 1 heterocycles. The van der Waals surface area contributed by atoms with E-state index in [0.717, 1.165) is 38.4 Å². The van der Waals surface area contributed by atoms with E-state index in [1.54, 1.807) is 0 Å². The van der Waals surface area contributed by atoms with Gasteiger partial charge in [-0.3, -0.25) is 4.79 Å². The smallest absolute Gasteiger partial charge is 0.226 e. The van der Waals surface area contributed by atoms with Crippen LogP contribution in [-0.2, 0) is 4.79 Å². The quantitative estimate of drug-likeness (QED) is 0.790. The Labute approximate surface area is 98.6 Å². The molecular formula is C13H24N2O. The number of rotatable bonds is 3. The monoisotopic (exact) mass is 224 g/mol. The van der Waals surface area contributed by atoms with Crippen molar-refractivity contribution in [2.24, 2.45) is 11.8 Å². The van der Waals surface area contributed by atoms with E-state index in [1.165, 1.54) is 25.7 Å². The molecule has 0 radical (unpaired) electrons. The van der Waals surface area contributed by atoms with Gasteiger partial charge < -0.3 is 10.2 Å². The summed E-state index contributed by atoms with van der Waals surface area (Å²) in [6.07, 6.45) is 7.57. The second-order valence-corrected chi connectivity index (χ2v) is 5.41. The minimum absolute atomic E-state index is 0.236. The van der Waals surface area contributed by atoms with Crippen molar-refractivity contribution in [3.8, 4) is 0 Å². The van der Waals surface area contributed by atoms with Gasteiger partial charge in [-0.2, -0.15) is 0 Å². The summed E-state index contributed by atoms with van der Waals surface area (Å²) in [5.74, 6) is 1.37. The first-order chi connectivity index (χ1) is 7.77. The van der Waals surface area contributed by atoms with Crippen LogP contribution in [0.3, 0.4) is 0 Å². The maximum atomic E-state index is 12.2. The highest BCUT2D eigenvalue weighted by atomic mass is 16.2. The predicted octanol–water partition coefficient (Wildman–Crippen LogP) is 1.63. The van der Waals surface area contributed by atoms with Crippen molar-refractivity contribution in [2.75, 3.05) is 26.7 Å². The highest BCUT2D eigenvalue weighted by molar-refractivity contribution is 5.78. The summed E-state index contributed by atoms with van der Waals surface area (Å²) in [4.78, 5) is 14.2. The van der Waals surface area contributed by atoms with Crippen LogP contribution in [0, 0.1) is 11.8 Å². The molecule has 0 aromatic rings. The fourth-order valence-electron chi connectivity index (χ4n) is 3.04. The van der Waals surface area contributed by atoms with Crippen LogP contribution in [0.15, 0.2) is 0 Å². The van der Waals surface area contributed by atoms with Gasteiger partial charge in [0.1, 0.15) is 0 Å². The Bertz CT molecular complexity index is 230. The molecule has 92 valence electrons. The van der Waals surface area contributed by atoms with Gasteiger partial charge in [-0.05, 0) is 38.1 Å². The first-order valence-electron chi connectivity index (χ1n) is 6.73. The molecule has 1 N–H and O–H groups in total. The summed E-state index contributed by atoms with van der Waals surface area (Å²) in [5.41, 5.74) is 0. The van der Waals surface area contributed by atoms with Gasteiger partial charge in [0, 0.05) is 20.1 Å². The number of hydrogen-bond donors (Lipinski definition) is 1. The SMILES string of the molecule is CN(CC1CCCC1)C(=O)C1CCCNC1. The summed E-state index contributed by atoms with van der Waals surface area (Å²) >= 11 is 0. The van der Waals surface area contributed by atoms with Gasteiger partial charge in [-0.25, -0.2) is 0 Å². The molecule has 1 saturated carbocycles. The van der Waals surface area contributed by atoms with E-state index in [9.17, 15) is 4.79 Å². The molecule has 16 heavy (non-hydrogen) atoms. The zero-order chi connectivity index (χ0) is 11.4. The van der Waals surface area contributed by atoms with Crippen LogP contribution in [0.25, 0.3) is 0 Å². The number of hydrogen-bond acceptors (Lipinski definition) is 2. The average molecular weight is 224 g/mol. The van der Waals surface area contributed by atoms with Crippen LogP contribution in [0.1, 0.15) is 38.5 Å². The summed E-state index contributed by atoms with van der Waals surface area (Å²) in [6, 6.07) is 0. The molecule has 3 nitrogen and oxygen atoms in total. The zero-order valence-electron chi connectivity index (χ0n) is 10.4. The third-order valence-corrected chi connectivity index (χ3v) is 4.03. The lowest BCUT2D eigenvalue weighted by Gasteiger charge is -2.28. The molecule has 1 amide bonds. The van der Waals surface area contributed by atoms with Crippen LogP contribution in [0.5, 0.6) is 0 Å². The second kappa shape index (κ2) is 5.67. The van der Waals surface area contributed by atoms with Crippen LogP contribution < -0.4 is 5.32 Å². The topological polar surface area (TPSA) is 32.3 Å².